The van der Waals surface area contributed by atoms with Gasteiger partial charge in [-0.15, -0.1) is 0 Å². The largest absolute Gasteiger partial charge is 0.339 e. The van der Waals surface area contributed by atoms with Crippen molar-refractivity contribution in [3.8, 4) is 11.4 Å². The van der Waals surface area contributed by atoms with Gasteiger partial charge >= 0.3 is 0 Å². The van der Waals surface area contributed by atoms with E-state index in [1.54, 1.807) is 0 Å². The van der Waals surface area contributed by atoms with Crippen molar-refractivity contribution in [2.24, 2.45) is 0 Å². The van der Waals surface area contributed by atoms with Gasteiger partial charge in [-0.25, -0.2) is 0 Å². The third-order valence-corrected chi connectivity index (χ3v) is 3.93. The average molecular weight is 286 g/mol. The molecule has 112 valence electrons. The fourth-order valence-corrected chi connectivity index (χ4v) is 2.91. The topological polar surface area (TPSA) is 63.8 Å². The average Bonchev–Trinajstić information content (AvgIpc) is 2.94. The summed E-state index contributed by atoms with van der Waals surface area (Å²) in [4.78, 5) is 8.88. The van der Waals surface area contributed by atoms with Gasteiger partial charge in [0.1, 0.15) is 0 Å². The molecule has 0 spiro atoms. The van der Waals surface area contributed by atoms with Crippen LogP contribution in [0.4, 0.5) is 0 Å². The van der Waals surface area contributed by atoms with Gasteiger partial charge in [0.15, 0.2) is 0 Å². The Labute approximate surface area is 125 Å². The minimum atomic E-state index is 0.597. The molecule has 21 heavy (non-hydrogen) atoms. The minimum absolute atomic E-state index is 0.597. The van der Waals surface area contributed by atoms with E-state index in [1.807, 2.05) is 26.0 Å². The van der Waals surface area contributed by atoms with Crippen molar-refractivity contribution in [3.63, 3.8) is 0 Å². The highest BCUT2D eigenvalue weighted by Gasteiger charge is 2.15. The second-order valence-corrected chi connectivity index (χ2v) is 5.84. The lowest BCUT2D eigenvalue weighted by Crippen LogP contribution is -2.34. The van der Waals surface area contributed by atoms with Gasteiger partial charge in [-0.3, -0.25) is 4.98 Å². The summed E-state index contributed by atoms with van der Waals surface area (Å²) in [6, 6.07) is 4.58. The normalized spacial score (nSPS) is 18.9. The van der Waals surface area contributed by atoms with E-state index >= 15 is 0 Å². The first-order chi connectivity index (χ1) is 10.2. The van der Waals surface area contributed by atoms with Gasteiger partial charge in [-0.2, -0.15) is 4.98 Å². The zero-order valence-electron chi connectivity index (χ0n) is 12.7. The number of nitrogens with one attached hydrogen (secondary N) is 1. The zero-order valence-corrected chi connectivity index (χ0v) is 12.7. The third-order valence-electron chi connectivity index (χ3n) is 3.93. The SMILES string of the molecule is Cc1cc(-c2noc(CCC3CCCCN3)n2)cc(C)n1. The summed E-state index contributed by atoms with van der Waals surface area (Å²) in [5.41, 5.74) is 2.93. The molecule has 3 rings (SSSR count). The Morgan fingerprint density at radius 3 is 2.71 bits per heavy atom. The van der Waals surface area contributed by atoms with Gasteiger partial charge in [0.25, 0.3) is 0 Å². The van der Waals surface area contributed by atoms with Crippen LogP contribution in [0.3, 0.4) is 0 Å². The number of aryl methyl sites for hydroxylation is 3. The summed E-state index contributed by atoms with van der Waals surface area (Å²) < 4.78 is 5.38. The quantitative estimate of drug-likeness (QED) is 0.936. The van der Waals surface area contributed by atoms with Crippen molar-refractivity contribution >= 4 is 0 Å². The molecule has 0 saturated carbocycles. The molecular weight excluding hydrogens is 264 g/mol. The molecule has 1 unspecified atom stereocenters. The second-order valence-electron chi connectivity index (χ2n) is 5.84. The number of pyridine rings is 1. The van der Waals surface area contributed by atoms with Crippen molar-refractivity contribution in [2.45, 2.75) is 52.0 Å². The lowest BCUT2D eigenvalue weighted by atomic mass is 10.0. The molecule has 1 fully saturated rings. The molecule has 1 atom stereocenters. The lowest BCUT2D eigenvalue weighted by molar-refractivity contribution is 0.342. The van der Waals surface area contributed by atoms with E-state index < -0.39 is 0 Å². The highest BCUT2D eigenvalue weighted by Crippen LogP contribution is 2.19. The molecule has 5 heteroatoms. The van der Waals surface area contributed by atoms with Crippen LogP contribution in [0.2, 0.25) is 0 Å². The van der Waals surface area contributed by atoms with Crippen LogP contribution in [-0.2, 0) is 6.42 Å². The summed E-state index contributed by atoms with van der Waals surface area (Å²) in [5.74, 6) is 1.39. The monoisotopic (exact) mass is 286 g/mol. The molecule has 0 radical (unpaired) electrons. The fraction of sp³-hybridized carbons (Fsp3) is 0.562. The van der Waals surface area contributed by atoms with Crippen molar-refractivity contribution < 1.29 is 4.52 Å². The number of nitrogens with zero attached hydrogens (tertiary/aromatic N) is 3. The minimum Gasteiger partial charge on any atom is -0.339 e. The standard InChI is InChI=1S/C16H22N4O/c1-11-9-13(10-12(2)18-11)16-19-15(21-20-16)7-6-14-5-3-4-8-17-14/h9-10,14,17H,3-8H2,1-2H3. The first-order valence-electron chi connectivity index (χ1n) is 7.72. The predicted molar refractivity (Wildman–Crippen MR) is 81.0 cm³/mol. The van der Waals surface area contributed by atoms with E-state index in [9.17, 15) is 0 Å². The Bertz CT molecular complexity index is 582. The van der Waals surface area contributed by atoms with Crippen LogP contribution in [0.15, 0.2) is 16.7 Å². The molecule has 5 nitrogen and oxygen atoms in total. The summed E-state index contributed by atoms with van der Waals surface area (Å²) in [7, 11) is 0. The van der Waals surface area contributed by atoms with E-state index in [4.69, 9.17) is 4.52 Å². The fourth-order valence-electron chi connectivity index (χ4n) is 2.91. The molecule has 0 amide bonds. The Balaban J connectivity index is 1.65. The van der Waals surface area contributed by atoms with Gasteiger partial charge in [0, 0.05) is 29.4 Å². The molecule has 2 aromatic heterocycles. The Kier molecular flexibility index (Phi) is 4.29. The molecule has 0 aliphatic carbocycles. The highest BCUT2D eigenvalue weighted by atomic mass is 16.5. The maximum Gasteiger partial charge on any atom is 0.227 e. The smallest absolute Gasteiger partial charge is 0.227 e. The number of hydrogen-bond donors (Lipinski definition) is 1. The van der Waals surface area contributed by atoms with E-state index in [1.165, 1.54) is 19.3 Å². The lowest BCUT2D eigenvalue weighted by Gasteiger charge is -2.22. The predicted octanol–water partition coefficient (Wildman–Crippen LogP) is 2.82. The molecular formula is C16H22N4O. The van der Waals surface area contributed by atoms with E-state index in [2.05, 4.69) is 20.4 Å². The molecule has 2 aromatic rings. The zero-order chi connectivity index (χ0) is 14.7. The molecule has 1 N–H and O–H groups in total. The second kappa shape index (κ2) is 6.35. The number of rotatable bonds is 4. The third kappa shape index (κ3) is 3.67. The molecule has 1 aliphatic rings. The van der Waals surface area contributed by atoms with Crippen LogP contribution in [0, 0.1) is 13.8 Å². The maximum absolute atomic E-state index is 5.38. The van der Waals surface area contributed by atoms with E-state index in [-0.39, 0.29) is 0 Å². The molecule has 1 saturated heterocycles. The van der Waals surface area contributed by atoms with Crippen molar-refractivity contribution in [1.29, 1.82) is 0 Å². The van der Waals surface area contributed by atoms with Crippen molar-refractivity contribution in [2.75, 3.05) is 6.54 Å². The first kappa shape index (κ1) is 14.2. The summed E-state index contributed by atoms with van der Waals surface area (Å²) >= 11 is 0. The molecule has 1 aliphatic heterocycles. The number of aromatic nitrogens is 3. The van der Waals surface area contributed by atoms with Crippen LogP contribution in [0.25, 0.3) is 11.4 Å². The summed E-state index contributed by atoms with van der Waals surface area (Å²) in [6.07, 6.45) is 5.78. The Morgan fingerprint density at radius 1 is 1.19 bits per heavy atom. The van der Waals surface area contributed by atoms with Crippen LogP contribution in [-0.4, -0.2) is 27.7 Å². The van der Waals surface area contributed by atoms with Gasteiger partial charge in [0.05, 0.1) is 0 Å². The summed E-state index contributed by atoms with van der Waals surface area (Å²) in [5, 5.41) is 7.64. The number of piperidine rings is 1. The molecule has 0 aromatic carbocycles. The van der Waals surface area contributed by atoms with Crippen molar-refractivity contribution in [3.05, 3.63) is 29.4 Å². The highest BCUT2D eigenvalue weighted by molar-refractivity contribution is 5.55. The van der Waals surface area contributed by atoms with Crippen LogP contribution in [0.1, 0.15) is 43.0 Å². The number of hydrogen-bond acceptors (Lipinski definition) is 5. The van der Waals surface area contributed by atoms with Gasteiger partial charge < -0.3 is 9.84 Å². The molecule has 3 heterocycles. The first-order valence-corrected chi connectivity index (χ1v) is 7.72. The Hall–Kier alpha value is -1.75. The van der Waals surface area contributed by atoms with Crippen LogP contribution >= 0.6 is 0 Å². The van der Waals surface area contributed by atoms with Crippen molar-refractivity contribution in [1.82, 2.24) is 20.4 Å². The molecule has 0 bridgehead atoms. The van der Waals surface area contributed by atoms with E-state index in [0.29, 0.717) is 11.9 Å². The van der Waals surface area contributed by atoms with Crippen LogP contribution < -0.4 is 5.32 Å². The van der Waals surface area contributed by atoms with E-state index in [0.717, 1.165) is 42.2 Å². The van der Waals surface area contributed by atoms with Crippen LogP contribution in [0.5, 0.6) is 0 Å². The van der Waals surface area contributed by atoms with Gasteiger partial charge in [0.2, 0.25) is 11.7 Å². The van der Waals surface area contributed by atoms with Gasteiger partial charge in [-0.1, -0.05) is 11.6 Å². The summed E-state index contributed by atoms with van der Waals surface area (Å²) in [6.45, 7) is 5.09. The van der Waals surface area contributed by atoms with Gasteiger partial charge in [-0.05, 0) is 51.8 Å². The maximum atomic E-state index is 5.38. The Morgan fingerprint density at radius 2 is 2.00 bits per heavy atom.